The molecule has 1 aromatic heterocycles. The summed E-state index contributed by atoms with van der Waals surface area (Å²) in [6.07, 6.45) is 3.17. The number of H-pyrrole nitrogens is 2. The van der Waals surface area contributed by atoms with Crippen molar-refractivity contribution in [3.63, 3.8) is 0 Å². The Balaban J connectivity index is 2.04. The monoisotopic (exact) mass is 297 g/mol. The van der Waals surface area contributed by atoms with Crippen LogP contribution in [-0.2, 0) is 0 Å². The van der Waals surface area contributed by atoms with E-state index < -0.39 is 4.92 Å². The second-order valence-electron chi connectivity index (χ2n) is 4.72. The number of rotatable bonds is 3. The molecule has 0 amide bonds. The highest BCUT2D eigenvalue weighted by Gasteiger charge is 2.17. The van der Waals surface area contributed by atoms with Crippen LogP contribution in [-0.4, -0.2) is 27.0 Å². The van der Waals surface area contributed by atoms with E-state index in [1.165, 1.54) is 18.3 Å². The molecule has 8 nitrogen and oxygen atoms in total. The minimum atomic E-state index is -0.468. The molecule has 0 radical (unpaired) electrons. The molecular weight excluding hydrogens is 286 g/mol. The standard InChI is InChI=1S/C14H11N5O3/c1-8-12(14(20)18-16-8)6-10-7-15-17-13(10)9-3-2-4-11(5-9)19(21)22/h2-7H,1H3,(H2,16,18,20). The molecule has 0 fully saturated rings. The molecule has 8 heteroatoms. The molecule has 2 N–H and O–H groups in total. The van der Waals surface area contributed by atoms with E-state index >= 15 is 0 Å². The minimum absolute atomic E-state index is 0.0258. The number of nitro benzene ring substituents is 1. The summed E-state index contributed by atoms with van der Waals surface area (Å²) in [6.45, 7) is 1.76. The lowest BCUT2D eigenvalue weighted by Gasteiger charge is -2.02. The van der Waals surface area contributed by atoms with Gasteiger partial charge in [-0.2, -0.15) is 5.10 Å². The number of nitrogens with one attached hydrogen (secondary N) is 2. The van der Waals surface area contributed by atoms with E-state index in [4.69, 9.17) is 0 Å². The van der Waals surface area contributed by atoms with Crippen molar-refractivity contribution in [1.29, 1.82) is 0 Å². The molecule has 3 rings (SSSR count). The van der Waals surface area contributed by atoms with Gasteiger partial charge in [0, 0.05) is 29.0 Å². The van der Waals surface area contributed by atoms with E-state index in [0.29, 0.717) is 28.1 Å². The van der Waals surface area contributed by atoms with Crippen molar-refractivity contribution in [3.05, 3.63) is 67.1 Å². The molecule has 0 saturated carbocycles. The van der Waals surface area contributed by atoms with Gasteiger partial charge in [0.05, 0.1) is 16.7 Å². The highest BCUT2D eigenvalue weighted by Crippen LogP contribution is 2.20. The smallest absolute Gasteiger partial charge is 0.271 e. The predicted octanol–water partition coefficient (Wildman–Crippen LogP) is 1.79. The van der Waals surface area contributed by atoms with Gasteiger partial charge in [0.15, 0.2) is 0 Å². The van der Waals surface area contributed by atoms with Gasteiger partial charge in [0.2, 0.25) is 0 Å². The Bertz CT molecular complexity index is 901. The third-order valence-corrected chi connectivity index (χ3v) is 3.27. The number of allylic oxidation sites excluding steroid dienone is 1. The van der Waals surface area contributed by atoms with Crippen LogP contribution in [0.2, 0.25) is 0 Å². The average molecular weight is 297 g/mol. The van der Waals surface area contributed by atoms with Gasteiger partial charge in [-0.1, -0.05) is 12.1 Å². The fourth-order valence-electron chi connectivity index (χ4n) is 2.15. The van der Waals surface area contributed by atoms with E-state index in [2.05, 4.69) is 20.4 Å². The third-order valence-electron chi connectivity index (χ3n) is 3.27. The maximum Gasteiger partial charge on any atom is 0.271 e. The van der Waals surface area contributed by atoms with Crippen molar-refractivity contribution < 1.29 is 4.92 Å². The molecule has 0 unspecified atom stereocenters. The van der Waals surface area contributed by atoms with E-state index in [0.717, 1.165) is 0 Å². The summed E-state index contributed by atoms with van der Waals surface area (Å²) < 4.78 is 0. The Hall–Kier alpha value is -3.29. The van der Waals surface area contributed by atoms with Gasteiger partial charge in [-0.25, -0.2) is 0 Å². The topological polar surface area (TPSA) is 117 Å². The first kappa shape index (κ1) is 13.7. The van der Waals surface area contributed by atoms with Crippen LogP contribution in [0.1, 0.15) is 16.8 Å². The van der Waals surface area contributed by atoms with Crippen molar-refractivity contribution >= 4 is 23.7 Å². The number of benzene rings is 1. The lowest BCUT2D eigenvalue weighted by Crippen LogP contribution is -2.06. The number of hydrogen-bond acceptors (Lipinski definition) is 5. The van der Waals surface area contributed by atoms with E-state index in [1.807, 2.05) is 0 Å². The first-order valence-electron chi connectivity index (χ1n) is 6.41. The summed E-state index contributed by atoms with van der Waals surface area (Å²) in [4.78, 5) is 22.1. The number of nitrogens with zero attached hydrogens (tertiary/aromatic N) is 3. The fourth-order valence-corrected chi connectivity index (χ4v) is 2.15. The molecule has 2 aromatic rings. The van der Waals surface area contributed by atoms with Gasteiger partial charge in [-0.15, -0.1) is 5.10 Å². The summed E-state index contributed by atoms with van der Waals surface area (Å²) in [7, 11) is 0. The summed E-state index contributed by atoms with van der Waals surface area (Å²) in [5.74, 6) is 0. The lowest BCUT2D eigenvalue weighted by atomic mass is 10.0. The van der Waals surface area contributed by atoms with Crippen molar-refractivity contribution in [2.45, 2.75) is 6.92 Å². The minimum Gasteiger partial charge on any atom is -0.302 e. The molecule has 0 bridgehead atoms. The fraction of sp³-hybridized carbons (Fsp3) is 0.0714. The molecule has 0 aliphatic carbocycles. The van der Waals surface area contributed by atoms with Crippen LogP contribution in [0.3, 0.4) is 0 Å². The molecule has 0 spiro atoms. The molecule has 110 valence electrons. The van der Waals surface area contributed by atoms with E-state index in [1.54, 1.807) is 25.1 Å². The summed E-state index contributed by atoms with van der Waals surface area (Å²) in [5.41, 5.74) is 2.57. The number of aromatic amines is 2. The molecule has 0 atom stereocenters. The Labute approximate surface area is 124 Å². The summed E-state index contributed by atoms with van der Waals surface area (Å²) >= 11 is 0. The van der Waals surface area contributed by atoms with Crippen LogP contribution in [0.4, 0.5) is 5.69 Å². The summed E-state index contributed by atoms with van der Waals surface area (Å²) in [6, 6.07) is 6.13. The molecule has 2 heterocycles. The van der Waals surface area contributed by atoms with E-state index in [9.17, 15) is 14.9 Å². The van der Waals surface area contributed by atoms with Crippen molar-refractivity contribution in [2.24, 2.45) is 10.2 Å². The highest BCUT2D eigenvalue weighted by atomic mass is 16.6. The zero-order valence-electron chi connectivity index (χ0n) is 11.5. The van der Waals surface area contributed by atoms with Crippen LogP contribution in [0.15, 0.2) is 44.8 Å². The molecular formula is C14H11N5O3. The SMILES string of the molecule is Cc1[nH][nH]c(=O)c1C=C1C=NN=C1c1cccc([N+](=O)[O-])c1. The van der Waals surface area contributed by atoms with Crippen molar-refractivity contribution in [1.82, 2.24) is 10.2 Å². The van der Waals surface area contributed by atoms with E-state index in [-0.39, 0.29) is 11.2 Å². The highest BCUT2D eigenvalue weighted by molar-refractivity contribution is 6.28. The Morgan fingerprint density at radius 2 is 2.14 bits per heavy atom. The molecule has 1 aliphatic heterocycles. The quantitative estimate of drug-likeness (QED) is 0.664. The van der Waals surface area contributed by atoms with Gasteiger partial charge in [-0.05, 0) is 13.0 Å². The van der Waals surface area contributed by atoms with Crippen molar-refractivity contribution in [2.75, 3.05) is 0 Å². The van der Waals surface area contributed by atoms with Gasteiger partial charge in [0.25, 0.3) is 11.2 Å². The summed E-state index contributed by atoms with van der Waals surface area (Å²) in [5, 5.41) is 23.9. The van der Waals surface area contributed by atoms with Gasteiger partial charge in [-0.3, -0.25) is 20.0 Å². The first-order chi connectivity index (χ1) is 10.6. The lowest BCUT2D eigenvalue weighted by molar-refractivity contribution is -0.384. The molecule has 1 aliphatic rings. The number of hydrogen-bond donors (Lipinski definition) is 2. The van der Waals surface area contributed by atoms with Crippen LogP contribution in [0, 0.1) is 17.0 Å². The maximum absolute atomic E-state index is 11.7. The van der Waals surface area contributed by atoms with Gasteiger partial charge >= 0.3 is 0 Å². The maximum atomic E-state index is 11.7. The zero-order chi connectivity index (χ0) is 15.7. The Morgan fingerprint density at radius 3 is 2.82 bits per heavy atom. The van der Waals surface area contributed by atoms with Crippen LogP contribution < -0.4 is 5.56 Å². The second kappa shape index (κ2) is 5.24. The van der Waals surface area contributed by atoms with Gasteiger partial charge < -0.3 is 5.10 Å². The van der Waals surface area contributed by atoms with Crippen LogP contribution >= 0.6 is 0 Å². The normalized spacial score (nSPS) is 15.3. The van der Waals surface area contributed by atoms with Gasteiger partial charge in [0.1, 0.15) is 5.71 Å². The molecule has 0 saturated heterocycles. The molecule has 1 aromatic carbocycles. The Kier molecular flexibility index (Phi) is 3.26. The first-order valence-corrected chi connectivity index (χ1v) is 6.41. The zero-order valence-corrected chi connectivity index (χ0v) is 11.5. The van der Waals surface area contributed by atoms with Crippen LogP contribution in [0.25, 0.3) is 6.08 Å². The molecule has 22 heavy (non-hydrogen) atoms. The number of aromatic nitrogens is 2. The number of non-ortho nitro benzene ring substituents is 1. The largest absolute Gasteiger partial charge is 0.302 e. The third kappa shape index (κ3) is 2.37. The number of nitro groups is 1. The predicted molar refractivity (Wildman–Crippen MR) is 82.3 cm³/mol. The number of aryl methyl sites for hydroxylation is 1. The van der Waals surface area contributed by atoms with Crippen molar-refractivity contribution in [3.8, 4) is 0 Å². The Morgan fingerprint density at radius 1 is 1.32 bits per heavy atom. The average Bonchev–Trinajstić information content (AvgIpc) is 3.09. The second-order valence-corrected chi connectivity index (χ2v) is 4.72. The van der Waals surface area contributed by atoms with Crippen LogP contribution in [0.5, 0.6) is 0 Å².